The van der Waals surface area contributed by atoms with E-state index >= 15 is 0 Å². The summed E-state index contributed by atoms with van der Waals surface area (Å²) in [4.78, 5) is 4.31. The van der Waals surface area contributed by atoms with E-state index in [1.807, 2.05) is 30.3 Å². The van der Waals surface area contributed by atoms with Crippen LogP contribution in [0.25, 0.3) is 11.6 Å². The Morgan fingerprint density at radius 3 is 2.95 bits per heavy atom. The summed E-state index contributed by atoms with van der Waals surface area (Å²) in [6, 6.07) is 11.4. The largest absolute Gasteiger partial charge is 0.496 e. The lowest BCUT2D eigenvalue weighted by atomic mass is 10.2. The maximum absolute atomic E-state index is 5.29. The lowest BCUT2D eigenvalue weighted by Crippen LogP contribution is -2.02. The van der Waals surface area contributed by atoms with Crippen LogP contribution in [0.4, 0.5) is 5.95 Å². The Morgan fingerprint density at radius 1 is 1.25 bits per heavy atom. The fraction of sp³-hybridized carbons (Fsp3) is 0.143. The highest BCUT2D eigenvalue weighted by Crippen LogP contribution is 2.19. The van der Waals surface area contributed by atoms with Gasteiger partial charge < -0.3 is 14.5 Å². The molecule has 0 amide bonds. The van der Waals surface area contributed by atoms with Crippen molar-refractivity contribution in [3.8, 4) is 17.3 Å². The molecule has 0 saturated heterocycles. The summed E-state index contributed by atoms with van der Waals surface area (Å²) in [5.74, 6) is 2.60. The van der Waals surface area contributed by atoms with E-state index in [-0.39, 0.29) is 0 Å². The average Bonchev–Trinajstić information content (AvgIpc) is 3.16. The van der Waals surface area contributed by atoms with Crippen LogP contribution in [0.15, 0.2) is 47.1 Å². The van der Waals surface area contributed by atoms with E-state index in [0.29, 0.717) is 24.1 Å². The normalized spacial score (nSPS) is 10.4. The summed E-state index contributed by atoms with van der Waals surface area (Å²) in [5.41, 5.74) is 1.04. The van der Waals surface area contributed by atoms with Crippen LogP contribution in [0, 0.1) is 0 Å². The van der Waals surface area contributed by atoms with E-state index in [0.717, 1.165) is 11.3 Å². The molecule has 0 bridgehead atoms. The van der Waals surface area contributed by atoms with Gasteiger partial charge in [-0.25, -0.2) is 0 Å². The van der Waals surface area contributed by atoms with Gasteiger partial charge in [-0.05, 0) is 18.2 Å². The number of hydrogen-bond acceptors (Lipinski definition) is 5. The third-order valence-corrected chi connectivity index (χ3v) is 2.87. The van der Waals surface area contributed by atoms with Crippen molar-refractivity contribution in [3.05, 3.63) is 48.2 Å². The number of nitrogens with zero attached hydrogens (tertiary/aromatic N) is 2. The number of hydrogen-bond donors (Lipinski definition) is 2. The summed E-state index contributed by atoms with van der Waals surface area (Å²) in [7, 11) is 1.65. The van der Waals surface area contributed by atoms with Crippen molar-refractivity contribution in [2.24, 2.45) is 0 Å². The van der Waals surface area contributed by atoms with Crippen LogP contribution in [-0.4, -0.2) is 22.3 Å². The minimum Gasteiger partial charge on any atom is -0.496 e. The number of aromatic amines is 1. The molecule has 2 N–H and O–H groups in total. The molecule has 0 aliphatic heterocycles. The van der Waals surface area contributed by atoms with Gasteiger partial charge in [0.2, 0.25) is 5.95 Å². The zero-order valence-corrected chi connectivity index (χ0v) is 11.0. The number of benzene rings is 1. The van der Waals surface area contributed by atoms with Gasteiger partial charge in [-0.1, -0.05) is 18.2 Å². The van der Waals surface area contributed by atoms with Crippen LogP contribution in [0.3, 0.4) is 0 Å². The fourth-order valence-electron chi connectivity index (χ4n) is 1.89. The van der Waals surface area contributed by atoms with E-state index < -0.39 is 0 Å². The smallest absolute Gasteiger partial charge is 0.242 e. The number of aromatic nitrogens is 3. The minimum atomic E-state index is 0.516. The van der Waals surface area contributed by atoms with Gasteiger partial charge >= 0.3 is 0 Å². The molecule has 0 saturated carbocycles. The summed E-state index contributed by atoms with van der Waals surface area (Å²) in [6.45, 7) is 0.583. The Balaban J connectivity index is 1.70. The van der Waals surface area contributed by atoms with Crippen molar-refractivity contribution in [2.45, 2.75) is 6.54 Å². The zero-order chi connectivity index (χ0) is 13.8. The Kier molecular flexibility index (Phi) is 3.36. The quantitative estimate of drug-likeness (QED) is 0.745. The van der Waals surface area contributed by atoms with Crippen molar-refractivity contribution < 1.29 is 9.15 Å². The highest BCUT2D eigenvalue weighted by molar-refractivity contribution is 5.48. The fourth-order valence-corrected chi connectivity index (χ4v) is 1.89. The minimum absolute atomic E-state index is 0.516. The number of H-pyrrole nitrogens is 1. The molecule has 3 aromatic rings. The molecule has 6 nitrogen and oxygen atoms in total. The second-order valence-corrected chi connectivity index (χ2v) is 4.15. The molecular weight excluding hydrogens is 256 g/mol. The van der Waals surface area contributed by atoms with Gasteiger partial charge in [0, 0.05) is 12.1 Å². The van der Waals surface area contributed by atoms with Gasteiger partial charge in [-0.2, -0.15) is 4.98 Å². The third-order valence-electron chi connectivity index (χ3n) is 2.87. The third kappa shape index (κ3) is 2.49. The van der Waals surface area contributed by atoms with Crippen molar-refractivity contribution in [1.29, 1.82) is 0 Å². The Morgan fingerprint density at radius 2 is 2.15 bits per heavy atom. The molecule has 2 heterocycles. The second-order valence-electron chi connectivity index (χ2n) is 4.15. The first kappa shape index (κ1) is 12.3. The van der Waals surface area contributed by atoms with Gasteiger partial charge in [0.15, 0.2) is 11.6 Å². The SMILES string of the molecule is COc1ccccc1CNc1n[nH]c(-c2ccco2)n1. The van der Waals surface area contributed by atoms with Crippen LogP contribution in [0.2, 0.25) is 0 Å². The van der Waals surface area contributed by atoms with Gasteiger partial charge in [0.1, 0.15) is 5.75 Å². The topological polar surface area (TPSA) is 76.0 Å². The Hall–Kier alpha value is -2.76. The van der Waals surface area contributed by atoms with Crippen LogP contribution >= 0.6 is 0 Å². The van der Waals surface area contributed by atoms with Gasteiger partial charge in [0.25, 0.3) is 0 Å². The zero-order valence-electron chi connectivity index (χ0n) is 11.0. The molecule has 2 aromatic heterocycles. The summed E-state index contributed by atoms with van der Waals surface area (Å²) in [5, 5.41) is 10.1. The molecule has 102 valence electrons. The number of nitrogens with one attached hydrogen (secondary N) is 2. The predicted octanol–water partition coefficient (Wildman–Crippen LogP) is 2.69. The first-order valence-electron chi connectivity index (χ1n) is 6.19. The lowest BCUT2D eigenvalue weighted by Gasteiger charge is -2.07. The standard InChI is InChI=1S/C14H14N4O2/c1-19-11-6-3-2-5-10(11)9-15-14-16-13(17-18-14)12-7-4-8-20-12/h2-8H,9H2,1H3,(H2,15,16,17,18). The predicted molar refractivity (Wildman–Crippen MR) is 74.4 cm³/mol. The van der Waals surface area contributed by atoms with Crippen LogP contribution in [0.1, 0.15) is 5.56 Å². The molecule has 0 atom stereocenters. The second kappa shape index (κ2) is 5.48. The molecule has 0 fully saturated rings. The van der Waals surface area contributed by atoms with E-state index in [1.54, 1.807) is 19.4 Å². The number of para-hydroxylation sites is 1. The Labute approximate surface area is 115 Å². The van der Waals surface area contributed by atoms with Crippen molar-refractivity contribution >= 4 is 5.95 Å². The summed E-state index contributed by atoms with van der Waals surface area (Å²) >= 11 is 0. The molecule has 0 spiro atoms. The summed E-state index contributed by atoms with van der Waals surface area (Å²) < 4.78 is 10.5. The van der Waals surface area contributed by atoms with Gasteiger partial charge in [0.05, 0.1) is 13.4 Å². The van der Waals surface area contributed by atoms with E-state index in [2.05, 4.69) is 20.5 Å². The molecule has 1 aromatic carbocycles. The molecule has 3 rings (SSSR count). The molecule has 20 heavy (non-hydrogen) atoms. The highest BCUT2D eigenvalue weighted by atomic mass is 16.5. The number of ether oxygens (including phenoxy) is 1. The number of rotatable bonds is 5. The van der Waals surface area contributed by atoms with Crippen LogP contribution in [0.5, 0.6) is 5.75 Å². The van der Waals surface area contributed by atoms with E-state index in [1.165, 1.54) is 0 Å². The van der Waals surface area contributed by atoms with Crippen LogP contribution in [-0.2, 0) is 6.54 Å². The van der Waals surface area contributed by atoms with Crippen molar-refractivity contribution in [3.63, 3.8) is 0 Å². The maximum atomic E-state index is 5.29. The Bertz CT molecular complexity index is 676. The number of anilines is 1. The van der Waals surface area contributed by atoms with Gasteiger partial charge in [-0.15, -0.1) is 5.10 Å². The van der Waals surface area contributed by atoms with Crippen LogP contribution < -0.4 is 10.1 Å². The maximum Gasteiger partial charge on any atom is 0.242 e. The molecule has 0 radical (unpaired) electrons. The average molecular weight is 270 g/mol. The molecule has 6 heteroatoms. The van der Waals surface area contributed by atoms with Gasteiger partial charge in [-0.3, -0.25) is 5.10 Å². The number of furan rings is 1. The van der Waals surface area contributed by atoms with Crippen molar-refractivity contribution in [2.75, 3.05) is 12.4 Å². The van der Waals surface area contributed by atoms with E-state index in [4.69, 9.17) is 9.15 Å². The molecule has 0 unspecified atom stereocenters. The number of methoxy groups -OCH3 is 1. The molecule has 0 aliphatic carbocycles. The highest BCUT2D eigenvalue weighted by Gasteiger charge is 2.08. The first-order valence-corrected chi connectivity index (χ1v) is 6.19. The van der Waals surface area contributed by atoms with E-state index in [9.17, 15) is 0 Å². The molecule has 0 aliphatic rings. The summed E-state index contributed by atoms with van der Waals surface area (Å²) in [6.07, 6.45) is 1.60. The first-order chi connectivity index (χ1) is 9.86. The lowest BCUT2D eigenvalue weighted by molar-refractivity contribution is 0.410. The van der Waals surface area contributed by atoms with Crippen molar-refractivity contribution in [1.82, 2.24) is 15.2 Å². The molecular formula is C14H14N4O2. The monoisotopic (exact) mass is 270 g/mol.